The maximum Gasteiger partial charge on any atom is 0.349 e. The van der Waals surface area contributed by atoms with Gasteiger partial charge in [0.25, 0.3) is 5.91 Å². The molecule has 0 fully saturated rings. The van der Waals surface area contributed by atoms with Crippen LogP contribution in [0.5, 0.6) is 11.5 Å². The van der Waals surface area contributed by atoms with Crippen molar-refractivity contribution in [2.75, 3.05) is 6.61 Å². The number of esters is 1. The summed E-state index contributed by atoms with van der Waals surface area (Å²) in [5, 5.41) is 3.19. The molecule has 0 unspecified atom stereocenters. The van der Waals surface area contributed by atoms with Crippen LogP contribution in [0.2, 0.25) is 0 Å². The van der Waals surface area contributed by atoms with Crippen LogP contribution >= 0.6 is 0 Å². The SMILES string of the molecule is CCc1cccc(OCC(=O)Oc2ccc3cc(C(=O)NC(C)C)c(=O)oc3c2)c1. The molecule has 0 atom stereocenters. The first kappa shape index (κ1) is 21.1. The van der Waals surface area contributed by atoms with Gasteiger partial charge in [-0.25, -0.2) is 9.59 Å². The van der Waals surface area contributed by atoms with E-state index < -0.39 is 17.5 Å². The van der Waals surface area contributed by atoms with E-state index in [-0.39, 0.29) is 29.5 Å². The molecule has 1 aromatic heterocycles. The predicted molar refractivity (Wildman–Crippen MR) is 112 cm³/mol. The molecule has 0 aliphatic heterocycles. The first-order chi connectivity index (χ1) is 14.4. The number of hydrogen-bond donors (Lipinski definition) is 1. The number of amides is 1. The standard InChI is InChI=1S/C23H23NO6/c1-4-15-6-5-7-17(10-15)28-13-21(25)29-18-9-8-16-11-19(22(26)24-14(2)3)23(27)30-20(16)12-18/h5-12,14H,4,13H2,1-3H3,(H,24,26). The van der Waals surface area contributed by atoms with Crippen molar-refractivity contribution in [1.29, 1.82) is 0 Å². The normalized spacial score (nSPS) is 10.8. The zero-order valence-electron chi connectivity index (χ0n) is 17.1. The van der Waals surface area contributed by atoms with E-state index in [1.807, 2.05) is 25.1 Å². The highest BCUT2D eigenvalue weighted by atomic mass is 16.6. The second-order valence-electron chi connectivity index (χ2n) is 7.04. The van der Waals surface area contributed by atoms with Crippen molar-refractivity contribution < 1.29 is 23.5 Å². The smallest absolute Gasteiger partial charge is 0.349 e. The van der Waals surface area contributed by atoms with E-state index in [0.717, 1.165) is 12.0 Å². The first-order valence-electron chi connectivity index (χ1n) is 9.67. The fourth-order valence-electron chi connectivity index (χ4n) is 2.81. The lowest BCUT2D eigenvalue weighted by Gasteiger charge is -2.09. The van der Waals surface area contributed by atoms with E-state index in [4.69, 9.17) is 13.9 Å². The van der Waals surface area contributed by atoms with Crippen LogP contribution in [0, 0.1) is 0 Å². The van der Waals surface area contributed by atoms with Gasteiger partial charge < -0.3 is 19.2 Å². The Bertz CT molecular complexity index is 1130. The van der Waals surface area contributed by atoms with Crippen LogP contribution in [-0.4, -0.2) is 24.5 Å². The highest BCUT2D eigenvalue weighted by molar-refractivity contribution is 5.96. The quantitative estimate of drug-likeness (QED) is 0.365. The minimum atomic E-state index is -0.761. The van der Waals surface area contributed by atoms with E-state index in [0.29, 0.717) is 11.1 Å². The fraction of sp³-hybridized carbons (Fsp3) is 0.261. The van der Waals surface area contributed by atoms with Crippen LogP contribution < -0.4 is 20.4 Å². The summed E-state index contributed by atoms with van der Waals surface area (Å²) in [6, 6.07) is 13.4. The van der Waals surface area contributed by atoms with Crippen molar-refractivity contribution in [3.63, 3.8) is 0 Å². The summed E-state index contributed by atoms with van der Waals surface area (Å²) in [7, 11) is 0. The molecular weight excluding hydrogens is 386 g/mol. The van der Waals surface area contributed by atoms with E-state index in [1.54, 1.807) is 32.0 Å². The number of aryl methyl sites for hydroxylation is 1. The summed E-state index contributed by atoms with van der Waals surface area (Å²) < 4.78 is 16.0. The number of carbonyl (C=O) groups is 2. The molecule has 3 rings (SSSR count). The highest BCUT2D eigenvalue weighted by Gasteiger charge is 2.15. The van der Waals surface area contributed by atoms with Gasteiger partial charge in [0.1, 0.15) is 22.6 Å². The maximum atomic E-state index is 12.1. The molecule has 0 spiro atoms. The third-order valence-electron chi connectivity index (χ3n) is 4.27. The highest BCUT2D eigenvalue weighted by Crippen LogP contribution is 2.21. The first-order valence-corrected chi connectivity index (χ1v) is 9.67. The molecule has 0 radical (unpaired) electrons. The van der Waals surface area contributed by atoms with Crippen LogP contribution in [-0.2, 0) is 11.2 Å². The Labute approximate surface area is 173 Å². The number of hydrogen-bond acceptors (Lipinski definition) is 6. The molecule has 0 aliphatic rings. The van der Waals surface area contributed by atoms with Crippen molar-refractivity contribution >= 4 is 22.8 Å². The van der Waals surface area contributed by atoms with Crippen LogP contribution in [0.3, 0.4) is 0 Å². The molecule has 1 heterocycles. The maximum absolute atomic E-state index is 12.1. The average molecular weight is 409 g/mol. The van der Waals surface area contributed by atoms with E-state index >= 15 is 0 Å². The lowest BCUT2D eigenvalue weighted by molar-refractivity contribution is -0.136. The number of ether oxygens (including phenoxy) is 2. The van der Waals surface area contributed by atoms with Crippen molar-refractivity contribution in [3.05, 3.63) is 70.1 Å². The molecule has 0 saturated carbocycles. The minimum Gasteiger partial charge on any atom is -0.482 e. The van der Waals surface area contributed by atoms with Gasteiger partial charge in [0.2, 0.25) is 0 Å². The zero-order chi connectivity index (χ0) is 21.7. The molecule has 2 aromatic carbocycles. The molecule has 0 saturated heterocycles. The summed E-state index contributed by atoms with van der Waals surface area (Å²) >= 11 is 0. The number of benzene rings is 2. The van der Waals surface area contributed by atoms with Crippen LogP contribution in [0.4, 0.5) is 0 Å². The molecule has 0 aliphatic carbocycles. The Morgan fingerprint density at radius 2 is 1.87 bits per heavy atom. The number of rotatable bonds is 7. The topological polar surface area (TPSA) is 94.8 Å². The lowest BCUT2D eigenvalue weighted by atomic mass is 10.1. The van der Waals surface area contributed by atoms with Gasteiger partial charge in [-0.2, -0.15) is 0 Å². The van der Waals surface area contributed by atoms with Crippen LogP contribution in [0.25, 0.3) is 11.0 Å². The van der Waals surface area contributed by atoms with E-state index in [1.165, 1.54) is 12.1 Å². The van der Waals surface area contributed by atoms with E-state index in [9.17, 15) is 14.4 Å². The summed E-state index contributed by atoms with van der Waals surface area (Å²) in [6.07, 6.45) is 0.866. The van der Waals surface area contributed by atoms with Crippen molar-refractivity contribution in [2.45, 2.75) is 33.2 Å². The summed E-state index contributed by atoms with van der Waals surface area (Å²) in [5.74, 6) is -0.295. The second kappa shape index (κ2) is 9.26. The van der Waals surface area contributed by atoms with Gasteiger partial charge in [0.15, 0.2) is 6.61 Å². The summed E-state index contributed by atoms with van der Waals surface area (Å²) in [4.78, 5) is 36.3. The monoisotopic (exact) mass is 409 g/mol. The van der Waals surface area contributed by atoms with Gasteiger partial charge in [-0.1, -0.05) is 19.1 Å². The Morgan fingerprint density at radius 1 is 1.07 bits per heavy atom. The number of fused-ring (bicyclic) bond motifs is 1. The van der Waals surface area contributed by atoms with Crippen molar-refractivity contribution in [3.8, 4) is 11.5 Å². The zero-order valence-corrected chi connectivity index (χ0v) is 17.1. The minimum absolute atomic E-state index is 0.0799. The van der Waals surface area contributed by atoms with E-state index in [2.05, 4.69) is 5.32 Å². The fourth-order valence-corrected chi connectivity index (χ4v) is 2.81. The average Bonchev–Trinajstić information content (AvgIpc) is 2.71. The number of nitrogens with one attached hydrogen (secondary N) is 1. The molecule has 156 valence electrons. The molecule has 7 heteroatoms. The van der Waals surface area contributed by atoms with Gasteiger partial charge in [-0.05, 0) is 56.2 Å². The van der Waals surface area contributed by atoms with Crippen molar-refractivity contribution in [2.24, 2.45) is 0 Å². The summed E-state index contributed by atoms with van der Waals surface area (Å²) in [5.41, 5.74) is 0.474. The number of carbonyl (C=O) groups excluding carboxylic acids is 2. The molecule has 3 aromatic rings. The molecular formula is C23H23NO6. The summed E-state index contributed by atoms with van der Waals surface area (Å²) in [6.45, 7) is 5.37. The molecule has 0 bridgehead atoms. The molecule has 1 N–H and O–H groups in total. The van der Waals surface area contributed by atoms with Crippen LogP contribution in [0.15, 0.2) is 57.7 Å². The largest absolute Gasteiger partial charge is 0.482 e. The molecule has 30 heavy (non-hydrogen) atoms. The van der Waals surface area contributed by atoms with Crippen LogP contribution in [0.1, 0.15) is 36.7 Å². The second-order valence-corrected chi connectivity index (χ2v) is 7.04. The van der Waals surface area contributed by atoms with Gasteiger partial charge >= 0.3 is 11.6 Å². The van der Waals surface area contributed by atoms with Gasteiger partial charge in [0.05, 0.1) is 0 Å². The predicted octanol–water partition coefficient (Wildman–Crippen LogP) is 3.48. The van der Waals surface area contributed by atoms with Gasteiger partial charge in [0, 0.05) is 17.5 Å². The Kier molecular flexibility index (Phi) is 6.51. The lowest BCUT2D eigenvalue weighted by Crippen LogP contribution is -2.33. The van der Waals surface area contributed by atoms with Gasteiger partial charge in [-0.15, -0.1) is 0 Å². The third kappa shape index (κ3) is 5.26. The van der Waals surface area contributed by atoms with Gasteiger partial charge in [-0.3, -0.25) is 4.79 Å². The Hall–Kier alpha value is -3.61. The third-order valence-corrected chi connectivity index (χ3v) is 4.27. The Balaban J connectivity index is 1.69. The van der Waals surface area contributed by atoms with Crippen molar-refractivity contribution in [1.82, 2.24) is 5.32 Å². The molecule has 1 amide bonds. The Morgan fingerprint density at radius 3 is 2.60 bits per heavy atom. The molecule has 7 nitrogen and oxygen atoms in total.